The molecule has 2 heterocycles. The maximum Gasteiger partial charge on any atom is 0.0854 e. The Kier molecular flexibility index (Phi) is 6.95. The van der Waals surface area contributed by atoms with E-state index in [1.807, 2.05) is 11.4 Å². The summed E-state index contributed by atoms with van der Waals surface area (Å²) in [5, 5.41) is 11.4. The third kappa shape index (κ3) is 4.95. The molecule has 0 amide bonds. The zero-order chi connectivity index (χ0) is 15.1. The summed E-state index contributed by atoms with van der Waals surface area (Å²) >= 11 is 7.15. The topological polar surface area (TPSA) is 23.8 Å². The van der Waals surface area contributed by atoms with Crippen LogP contribution in [0, 0.1) is 11.3 Å². The molecule has 1 nitrogen and oxygen atoms in total. The van der Waals surface area contributed by atoms with Gasteiger partial charge >= 0.3 is 0 Å². The second kappa shape index (κ2) is 8.73. The van der Waals surface area contributed by atoms with Crippen LogP contribution in [-0.2, 0) is 12.8 Å². The SMILES string of the molecule is CCCCCCc1cc(C[C@@H](C#N)c2cccs2)sc1Br. The molecule has 1 atom stereocenters. The van der Waals surface area contributed by atoms with Crippen LogP contribution in [0.3, 0.4) is 0 Å². The molecule has 21 heavy (non-hydrogen) atoms. The lowest BCUT2D eigenvalue weighted by Gasteiger charge is -2.04. The molecule has 0 aliphatic heterocycles. The number of hydrogen-bond acceptors (Lipinski definition) is 3. The molecular weight excluding hydrogens is 362 g/mol. The fourth-order valence-corrected chi connectivity index (χ4v) is 5.06. The van der Waals surface area contributed by atoms with E-state index in [9.17, 15) is 5.26 Å². The van der Waals surface area contributed by atoms with Gasteiger partial charge in [-0.2, -0.15) is 5.26 Å². The van der Waals surface area contributed by atoms with Crippen molar-refractivity contribution >= 4 is 38.6 Å². The molecule has 0 saturated heterocycles. The van der Waals surface area contributed by atoms with E-state index >= 15 is 0 Å². The minimum absolute atomic E-state index is 0.0107. The summed E-state index contributed by atoms with van der Waals surface area (Å²) < 4.78 is 1.25. The number of aryl methyl sites for hydroxylation is 1. The van der Waals surface area contributed by atoms with Crippen LogP contribution in [0.25, 0.3) is 0 Å². The Bertz CT molecular complexity index is 580. The minimum Gasteiger partial charge on any atom is -0.198 e. The van der Waals surface area contributed by atoms with Gasteiger partial charge in [-0.1, -0.05) is 32.3 Å². The third-order valence-corrected chi connectivity index (χ3v) is 6.52. The van der Waals surface area contributed by atoms with Crippen LogP contribution in [-0.4, -0.2) is 0 Å². The Morgan fingerprint density at radius 3 is 2.86 bits per heavy atom. The van der Waals surface area contributed by atoms with Crippen LogP contribution in [0.2, 0.25) is 0 Å². The van der Waals surface area contributed by atoms with Crippen molar-refractivity contribution in [2.75, 3.05) is 0 Å². The molecule has 2 aromatic heterocycles. The second-order valence-electron chi connectivity index (χ2n) is 5.22. The van der Waals surface area contributed by atoms with E-state index in [2.05, 4.69) is 41.1 Å². The lowest BCUT2D eigenvalue weighted by atomic mass is 10.0. The maximum absolute atomic E-state index is 9.39. The summed E-state index contributed by atoms with van der Waals surface area (Å²) in [5.74, 6) is -0.0107. The number of nitriles is 1. The lowest BCUT2D eigenvalue weighted by molar-refractivity contribution is 0.666. The average Bonchev–Trinajstić information content (AvgIpc) is 3.11. The number of rotatable bonds is 8. The van der Waals surface area contributed by atoms with Gasteiger partial charge < -0.3 is 0 Å². The Balaban J connectivity index is 1.96. The van der Waals surface area contributed by atoms with E-state index < -0.39 is 0 Å². The molecule has 0 saturated carbocycles. The van der Waals surface area contributed by atoms with Crippen LogP contribution < -0.4 is 0 Å². The molecule has 112 valence electrons. The molecular formula is C17H20BrNS2. The van der Waals surface area contributed by atoms with E-state index in [1.165, 1.54) is 44.8 Å². The van der Waals surface area contributed by atoms with Gasteiger partial charge in [-0.25, -0.2) is 0 Å². The molecule has 0 aliphatic rings. The Hall–Kier alpha value is -0.630. The summed E-state index contributed by atoms with van der Waals surface area (Å²) in [5.41, 5.74) is 1.41. The summed E-state index contributed by atoms with van der Waals surface area (Å²) in [6.07, 6.45) is 7.14. The highest BCUT2D eigenvalue weighted by Crippen LogP contribution is 2.33. The quantitative estimate of drug-likeness (QED) is 0.475. The molecule has 0 unspecified atom stereocenters. The van der Waals surface area contributed by atoms with Gasteiger partial charge in [0, 0.05) is 16.2 Å². The van der Waals surface area contributed by atoms with Crippen LogP contribution in [0.15, 0.2) is 27.4 Å². The van der Waals surface area contributed by atoms with E-state index in [0.29, 0.717) is 0 Å². The Labute approximate surface area is 143 Å². The maximum atomic E-state index is 9.39. The smallest absolute Gasteiger partial charge is 0.0854 e. The fraction of sp³-hybridized carbons (Fsp3) is 0.471. The highest BCUT2D eigenvalue weighted by atomic mass is 79.9. The number of nitrogens with zero attached hydrogens (tertiary/aromatic N) is 1. The van der Waals surface area contributed by atoms with Crippen LogP contribution in [0.4, 0.5) is 0 Å². The molecule has 2 aromatic rings. The minimum atomic E-state index is -0.0107. The second-order valence-corrected chi connectivity index (χ2v) is 8.66. The van der Waals surface area contributed by atoms with E-state index in [-0.39, 0.29) is 5.92 Å². The molecule has 0 bridgehead atoms. The van der Waals surface area contributed by atoms with E-state index in [0.717, 1.165) is 12.8 Å². The Morgan fingerprint density at radius 2 is 2.19 bits per heavy atom. The van der Waals surface area contributed by atoms with Crippen molar-refractivity contribution in [3.63, 3.8) is 0 Å². The number of unbranched alkanes of at least 4 members (excludes halogenated alkanes) is 3. The van der Waals surface area contributed by atoms with E-state index in [4.69, 9.17) is 0 Å². The van der Waals surface area contributed by atoms with Gasteiger partial charge in [-0.05, 0) is 51.8 Å². The van der Waals surface area contributed by atoms with Gasteiger partial charge in [-0.3, -0.25) is 0 Å². The normalized spacial score (nSPS) is 12.2. The highest BCUT2D eigenvalue weighted by Gasteiger charge is 2.15. The monoisotopic (exact) mass is 381 g/mol. The average molecular weight is 382 g/mol. The summed E-state index contributed by atoms with van der Waals surface area (Å²) in [4.78, 5) is 2.49. The fourth-order valence-electron chi connectivity index (χ4n) is 2.38. The first-order valence-corrected chi connectivity index (χ1v) is 9.93. The highest BCUT2D eigenvalue weighted by molar-refractivity contribution is 9.11. The molecule has 0 aliphatic carbocycles. The largest absolute Gasteiger partial charge is 0.198 e. The number of hydrogen-bond donors (Lipinski definition) is 0. The molecule has 0 fully saturated rings. The van der Waals surface area contributed by atoms with Crippen LogP contribution >= 0.6 is 38.6 Å². The number of thiophene rings is 2. The number of halogens is 1. The van der Waals surface area contributed by atoms with Gasteiger partial charge in [-0.15, -0.1) is 22.7 Å². The van der Waals surface area contributed by atoms with Crippen molar-refractivity contribution in [2.45, 2.75) is 51.4 Å². The Morgan fingerprint density at radius 1 is 1.33 bits per heavy atom. The first-order valence-electron chi connectivity index (χ1n) is 7.44. The van der Waals surface area contributed by atoms with Crippen LogP contribution in [0.1, 0.15) is 53.8 Å². The molecule has 4 heteroatoms. The first kappa shape index (κ1) is 16.7. The zero-order valence-electron chi connectivity index (χ0n) is 12.3. The van der Waals surface area contributed by atoms with Gasteiger partial charge in [0.2, 0.25) is 0 Å². The predicted octanol–water partition coefficient (Wildman–Crippen LogP) is 6.54. The van der Waals surface area contributed by atoms with Crippen molar-refractivity contribution < 1.29 is 0 Å². The lowest BCUT2D eigenvalue weighted by Crippen LogP contribution is -1.96. The molecule has 0 spiro atoms. The van der Waals surface area contributed by atoms with E-state index in [1.54, 1.807) is 22.7 Å². The summed E-state index contributed by atoms with van der Waals surface area (Å²) in [6.45, 7) is 2.24. The molecule has 2 rings (SSSR count). The van der Waals surface area contributed by atoms with Crippen molar-refractivity contribution in [1.29, 1.82) is 5.26 Å². The predicted molar refractivity (Wildman–Crippen MR) is 96.2 cm³/mol. The van der Waals surface area contributed by atoms with Gasteiger partial charge in [0.05, 0.1) is 15.8 Å². The van der Waals surface area contributed by atoms with Crippen molar-refractivity contribution in [3.8, 4) is 6.07 Å². The summed E-state index contributed by atoms with van der Waals surface area (Å²) in [6, 6.07) is 8.82. The molecule has 0 N–H and O–H groups in total. The van der Waals surface area contributed by atoms with Gasteiger partial charge in [0.1, 0.15) is 0 Å². The third-order valence-electron chi connectivity index (χ3n) is 3.56. The van der Waals surface area contributed by atoms with Gasteiger partial charge in [0.25, 0.3) is 0 Å². The van der Waals surface area contributed by atoms with Crippen molar-refractivity contribution in [2.24, 2.45) is 0 Å². The molecule has 0 radical (unpaired) electrons. The first-order chi connectivity index (χ1) is 10.2. The summed E-state index contributed by atoms with van der Waals surface area (Å²) in [7, 11) is 0. The van der Waals surface area contributed by atoms with Crippen molar-refractivity contribution in [1.82, 2.24) is 0 Å². The van der Waals surface area contributed by atoms with Gasteiger partial charge in [0.15, 0.2) is 0 Å². The standard InChI is InChI=1S/C17H20BrNS2/c1-2-3-4-5-7-13-10-15(21-17(13)18)11-14(12-19)16-8-6-9-20-16/h6,8-10,14H,2-5,7,11H2,1H3/t14-/m0/s1. The zero-order valence-corrected chi connectivity index (χ0v) is 15.5. The van der Waals surface area contributed by atoms with Crippen LogP contribution in [0.5, 0.6) is 0 Å². The van der Waals surface area contributed by atoms with Crippen molar-refractivity contribution in [3.05, 3.63) is 42.7 Å². The molecule has 0 aromatic carbocycles.